The monoisotopic (exact) mass is 318 g/mol. The first-order valence-corrected chi connectivity index (χ1v) is 7.22. The van der Waals surface area contributed by atoms with Crippen LogP contribution in [-0.4, -0.2) is 28.1 Å². The molecule has 0 atom stereocenters. The summed E-state index contributed by atoms with van der Waals surface area (Å²) in [5, 5.41) is 9.84. The number of thiazole rings is 1. The smallest absolute Gasteiger partial charge is 0.267 e. The molecule has 1 amide bonds. The third-order valence-corrected chi connectivity index (χ3v) is 3.84. The van der Waals surface area contributed by atoms with Crippen LogP contribution in [0.3, 0.4) is 0 Å². The molecule has 0 N–H and O–H groups in total. The van der Waals surface area contributed by atoms with Gasteiger partial charge in [0.25, 0.3) is 11.8 Å². The van der Waals surface area contributed by atoms with Gasteiger partial charge in [-0.25, -0.2) is 9.37 Å². The normalized spacial score (nSPS) is 10.7. The van der Waals surface area contributed by atoms with Crippen molar-refractivity contribution in [2.45, 2.75) is 6.92 Å². The van der Waals surface area contributed by atoms with Crippen molar-refractivity contribution in [1.29, 1.82) is 0 Å². The molecule has 22 heavy (non-hydrogen) atoms. The third-order valence-electron chi connectivity index (χ3n) is 2.92. The number of amides is 1. The highest BCUT2D eigenvalue weighted by Gasteiger charge is 2.18. The topological polar surface area (TPSA) is 72.1 Å². The van der Waals surface area contributed by atoms with Gasteiger partial charge in [-0.3, -0.25) is 9.69 Å². The Morgan fingerprint density at radius 2 is 2.00 bits per heavy atom. The van der Waals surface area contributed by atoms with Gasteiger partial charge < -0.3 is 4.42 Å². The lowest BCUT2D eigenvalue weighted by Crippen LogP contribution is -2.26. The fourth-order valence-electron chi connectivity index (χ4n) is 1.79. The molecule has 0 bridgehead atoms. The van der Waals surface area contributed by atoms with Crippen LogP contribution in [0.4, 0.5) is 9.52 Å². The average molecular weight is 318 g/mol. The van der Waals surface area contributed by atoms with Crippen molar-refractivity contribution >= 4 is 22.4 Å². The van der Waals surface area contributed by atoms with Crippen LogP contribution in [0.5, 0.6) is 0 Å². The predicted molar refractivity (Wildman–Crippen MR) is 79.3 cm³/mol. The molecule has 0 fully saturated rings. The second-order valence-corrected chi connectivity index (χ2v) is 5.35. The van der Waals surface area contributed by atoms with E-state index in [1.807, 2.05) is 0 Å². The number of aryl methyl sites for hydroxylation is 1. The van der Waals surface area contributed by atoms with Crippen molar-refractivity contribution in [2.75, 3.05) is 11.9 Å². The van der Waals surface area contributed by atoms with E-state index in [9.17, 15) is 9.18 Å². The van der Waals surface area contributed by atoms with Crippen molar-refractivity contribution in [3.8, 4) is 11.6 Å². The maximum absolute atomic E-state index is 12.9. The minimum absolute atomic E-state index is 0.275. The zero-order valence-corrected chi connectivity index (χ0v) is 12.6. The van der Waals surface area contributed by atoms with Gasteiger partial charge in [-0.15, -0.1) is 21.5 Å². The van der Waals surface area contributed by atoms with Gasteiger partial charge in [0.1, 0.15) is 11.5 Å². The van der Waals surface area contributed by atoms with Crippen molar-refractivity contribution in [3.05, 3.63) is 46.9 Å². The highest BCUT2D eigenvalue weighted by Crippen LogP contribution is 2.26. The second-order valence-electron chi connectivity index (χ2n) is 4.51. The summed E-state index contributed by atoms with van der Waals surface area (Å²) in [6.45, 7) is 1.69. The molecular formula is C14H11FN4O2S. The van der Waals surface area contributed by atoms with Crippen LogP contribution >= 0.6 is 11.3 Å². The molecule has 8 heteroatoms. The molecule has 112 valence electrons. The lowest BCUT2D eigenvalue weighted by molar-refractivity contribution is 0.0993. The van der Waals surface area contributed by atoms with E-state index < -0.39 is 0 Å². The van der Waals surface area contributed by atoms with E-state index in [4.69, 9.17) is 4.42 Å². The Bertz CT molecular complexity index is 812. The largest absolute Gasteiger partial charge is 0.420 e. The molecule has 0 aliphatic rings. The van der Waals surface area contributed by atoms with Crippen LogP contribution in [0.2, 0.25) is 0 Å². The van der Waals surface area contributed by atoms with Gasteiger partial charge in [-0.1, -0.05) is 0 Å². The summed E-state index contributed by atoms with van der Waals surface area (Å²) in [6.07, 6.45) is 0. The molecule has 0 saturated heterocycles. The number of halogens is 1. The van der Waals surface area contributed by atoms with Crippen molar-refractivity contribution in [1.82, 2.24) is 15.2 Å². The van der Waals surface area contributed by atoms with Crippen LogP contribution in [-0.2, 0) is 0 Å². The van der Waals surface area contributed by atoms with Crippen LogP contribution in [0.15, 0.2) is 34.1 Å². The van der Waals surface area contributed by atoms with Gasteiger partial charge in [0.2, 0.25) is 5.89 Å². The SMILES string of the molecule is Cc1nnc(-c2csc(N(C)C(=O)c3ccc(F)cc3)n2)o1. The van der Waals surface area contributed by atoms with Crippen LogP contribution in [0.25, 0.3) is 11.6 Å². The molecule has 2 aromatic heterocycles. The van der Waals surface area contributed by atoms with Crippen LogP contribution in [0, 0.1) is 12.7 Å². The molecule has 3 rings (SSSR count). The Labute approximate surface area is 129 Å². The quantitative estimate of drug-likeness (QED) is 0.742. The third kappa shape index (κ3) is 2.73. The fourth-order valence-corrected chi connectivity index (χ4v) is 2.55. The molecule has 0 saturated carbocycles. The van der Waals surface area contributed by atoms with Crippen molar-refractivity contribution in [3.63, 3.8) is 0 Å². The fraction of sp³-hybridized carbons (Fsp3) is 0.143. The molecule has 1 aromatic carbocycles. The minimum atomic E-state index is -0.387. The number of aromatic nitrogens is 3. The number of hydrogen-bond donors (Lipinski definition) is 0. The Morgan fingerprint density at radius 3 is 2.64 bits per heavy atom. The van der Waals surface area contributed by atoms with E-state index >= 15 is 0 Å². The van der Waals surface area contributed by atoms with Gasteiger partial charge in [0.05, 0.1) is 0 Å². The van der Waals surface area contributed by atoms with E-state index in [1.54, 1.807) is 19.4 Å². The summed E-state index contributed by atoms with van der Waals surface area (Å²) in [6, 6.07) is 5.36. The lowest BCUT2D eigenvalue weighted by atomic mass is 10.2. The van der Waals surface area contributed by atoms with E-state index in [-0.39, 0.29) is 11.7 Å². The molecule has 0 radical (unpaired) electrons. The Morgan fingerprint density at radius 1 is 1.27 bits per heavy atom. The molecule has 0 aliphatic heterocycles. The van der Waals surface area contributed by atoms with Gasteiger partial charge in [-0.05, 0) is 24.3 Å². The highest BCUT2D eigenvalue weighted by molar-refractivity contribution is 7.14. The number of nitrogens with zero attached hydrogens (tertiary/aromatic N) is 4. The maximum Gasteiger partial charge on any atom is 0.267 e. The van der Waals surface area contributed by atoms with E-state index in [2.05, 4.69) is 15.2 Å². The Balaban J connectivity index is 1.83. The zero-order valence-electron chi connectivity index (χ0n) is 11.8. The summed E-state index contributed by atoms with van der Waals surface area (Å²) < 4.78 is 18.2. The first kappa shape index (κ1) is 14.3. The van der Waals surface area contributed by atoms with Crippen molar-refractivity contribution < 1.29 is 13.6 Å². The Kier molecular flexibility index (Phi) is 3.68. The zero-order chi connectivity index (χ0) is 15.7. The molecule has 3 aromatic rings. The molecule has 6 nitrogen and oxygen atoms in total. The lowest BCUT2D eigenvalue weighted by Gasteiger charge is -2.13. The summed E-state index contributed by atoms with van der Waals surface area (Å²) in [5.74, 6) is 0.0908. The molecule has 2 heterocycles. The van der Waals surface area contributed by atoms with Gasteiger partial charge in [0.15, 0.2) is 5.13 Å². The van der Waals surface area contributed by atoms with Gasteiger partial charge >= 0.3 is 0 Å². The molecule has 0 spiro atoms. The second kappa shape index (κ2) is 5.64. The summed E-state index contributed by atoms with van der Waals surface area (Å²) in [7, 11) is 1.60. The molecule has 0 unspecified atom stereocenters. The first-order chi connectivity index (χ1) is 10.5. The number of carbonyl (C=O) groups is 1. The van der Waals surface area contributed by atoms with E-state index in [0.717, 1.165) is 0 Å². The molecule has 0 aliphatic carbocycles. The first-order valence-electron chi connectivity index (χ1n) is 6.34. The number of benzene rings is 1. The average Bonchev–Trinajstić information content (AvgIpc) is 3.15. The minimum Gasteiger partial charge on any atom is -0.420 e. The Hall–Kier alpha value is -2.61. The van der Waals surface area contributed by atoms with E-state index in [0.29, 0.717) is 28.2 Å². The van der Waals surface area contributed by atoms with Gasteiger partial charge in [0, 0.05) is 24.9 Å². The predicted octanol–water partition coefficient (Wildman–Crippen LogP) is 2.92. The van der Waals surface area contributed by atoms with Crippen molar-refractivity contribution in [2.24, 2.45) is 0 Å². The summed E-state index contributed by atoms with van der Waals surface area (Å²) in [4.78, 5) is 18.0. The van der Waals surface area contributed by atoms with E-state index in [1.165, 1.54) is 40.5 Å². The number of anilines is 1. The number of carbonyl (C=O) groups excluding carboxylic acids is 1. The number of hydrogen-bond acceptors (Lipinski definition) is 6. The van der Waals surface area contributed by atoms with Crippen LogP contribution < -0.4 is 4.90 Å². The highest BCUT2D eigenvalue weighted by atomic mass is 32.1. The standard InChI is InChI=1S/C14H11FN4O2S/c1-8-17-18-12(21-8)11-7-22-14(16-11)19(2)13(20)9-3-5-10(15)6-4-9/h3-7H,1-2H3. The maximum atomic E-state index is 12.9. The van der Waals surface area contributed by atoms with Gasteiger partial charge in [-0.2, -0.15) is 0 Å². The summed E-state index contributed by atoms with van der Waals surface area (Å²) in [5.41, 5.74) is 0.897. The molecular weight excluding hydrogens is 307 g/mol. The summed E-state index contributed by atoms with van der Waals surface area (Å²) >= 11 is 1.28. The van der Waals surface area contributed by atoms with Crippen LogP contribution in [0.1, 0.15) is 16.2 Å². The number of rotatable bonds is 3.